The number of benzene rings is 1. The van der Waals surface area contributed by atoms with Gasteiger partial charge in [0.2, 0.25) is 10.0 Å². The number of carbonyl (C=O) groups is 1. The second kappa shape index (κ2) is 5.39. The molecular weight excluding hydrogens is 345 g/mol. The highest BCUT2D eigenvalue weighted by molar-refractivity contribution is 7.91. The predicted octanol–water partition coefficient (Wildman–Crippen LogP) is 2.42. The number of hydrogen-bond acceptors (Lipinski definition) is 4. The van der Waals surface area contributed by atoms with E-state index in [4.69, 9.17) is 0 Å². The molecule has 0 radical (unpaired) electrons. The average molecular weight is 363 g/mol. The van der Waals surface area contributed by atoms with Crippen LogP contribution in [0.25, 0.3) is 5.69 Å². The minimum atomic E-state index is -3.63. The highest BCUT2D eigenvalue weighted by atomic mass is 32.2. The zero-order valence-corrected chi connectivity index (χ0v) is 14.6. The third-order valence-corrected chi connectivity index (χ3v) is 7.70. The summed E-state index contributed by atoms with van der Waals surface area (Å²) in [4.78, 5) is 12.9. The molecule has 2 fully saturated rings. The highest BCUT2D eigenvalue weighted by Crippen LogP contribution is 2.51. The summed E-state index contributed by atoms with van der Waals surface area (Å²) < 4.78 is 40.6. The lowest BCUT2D eigenvalue weighted by atomic mass is 10.2. The molecule has 0 N–H and O–H groups in total. The molecule has 2 heterocycles. The average Bonchev–Trinajstić information content (AvgIpc) is 3.25. The van der Waals surface area contributed by atoms with Crippen LogP contribution in [0.5, 0.6) is 0 Å². The lowest BCUT2D eigenvalue weighted by Crippen LogP contribution is -2.48. The Kier molecular flexibility index (Phi) is 3.50. The molecule has 1 saturated heterocycles. The first-order chi connectivity index (χ1) is 11.8. The van der Waals surface area contributed by atoms with E-state index >= 15 is 0 Å². The van der Waals surface area contributed by atoms with Crippen LogP contribution in [0, 0.1) is 12.7 Å². The Labute approximate surface area is 145 Å². The molecule has 1 aromatic carbocycles. The third-order valence-electron chi connectivity index (χ3n) is 5.07. The number of rotatable bonds is 2. The topological polar surface area (TPSA) is 72.3 Å². The number of aromatic nitrogens is 2. The summed E-state index contributed by atoms with van der Waals surface area (Å²) in [6.45, 7) is 1.85. The molecule has 0 unspecified atom stereocenters. The van der Waals surface area contributed by atoms with Gasteiger partial charge in [-0.25, -0.2) is 21.8 Å². The molecule has 4 rings (SSSR count). The lowest BCUT2D eigenvalue weighted by molar-refractivity contribution is 0.0850. The van der Waals surface area contributed by atoms with Gasteiger partial charge >= 0.3 is 0 Å². The Balaban J connectivity index is 1.69. The molecule has 2 aliphatic rings. The van der Waals surface area contributed by atoms with Crippen molar-refractivity contribution >= 4 is 15.9 Å². The standard InChI is InChI=1S/C17H18FN3O3S/c1-12-15(11-20(19-12)14-5-2-4-13(18)10-14)16(22)21-9-3-6-17(7-8-17)25(21,23)24/h2,4-5,10-11H,3,6-9H2,1H3. The maximum absolute atomic E-state index is 13.4. The molecule has 1 spiro atoms. The first-order valence-electron chi connectivity index (χ1n) is 8.23. The van der Waals surface area contributed by atoms with E-state index in [-0.39, 0.29) is 12.1 Å². The fourth-order valence-electron chi connectivity index (χ4n) is 3.44. The minimum absolute atomic E-state index is 0.202. The van der Waals surface area contributed by atoms with Crippen molar-refractivity contribution in [3.63, 3.8) is 0 Å². The summed E-state index contributed by atoms with van der Waals surface area (Å²) in [6.07, 6.45) is 4.03. The Morgan fingerprint density at radius 1 is 1.28 bits per heavy atom. The van der Waals surface area contributed by atoms with Gasteiger partial charge in [0.25, 0.3) is 5.91 Å². The van der Waals surface area contributed by atoms with Crippen molar-refractivity contribution < 1.29 is 17.6 Å². The Hall–Kier alpha value is -2.22. The van der Waals surface area contributed by atoms with E-state index in [0.717, 1.165) is 4.31 Å². The van der Waals surface area contributed by atoms with Crippen LogP contribution in [-0.2, 0) is 10.0 Å². The van der Waals surface area contributed by atoms with Crippen LogP contribution in [0.1, 0.15) is 41.7 Å². The van der Waals surface area contributed by atoms with Gasteiger partial charge in [0.15, 0.2) is 0 Å². The monoisotopic (exact) mass is 363 g/mol. The summed E-state index contributed by atoms with van der Waals surface area (Å²) >= 11 is 0. The molecule has 1 saturated carbocycles. The van der Waals surface area contributed by atoms with E-state index in [1.54, 1.807) is 19.1 Å². The molecule has 0 atom stereocenters. The quantitative estimate of drug-likeness (QED) is 0.821. The van der Waals surface area contributed by atoms with Crippen molar-refractivity contribution in [2.45, 2.75) is 37.4 Å². The maximum Gasteiger partial charge on any atom is 0.270 e. The van der Waals surface area contributed by atoms with Crippen LogP contribution in [0.2, 0.25) is 0 Å². The Bertz CT molecular complexity index is 963. The lowest BCUT2D eigenvalue weighted by Gasteiger charge is -2.32. The second-order valence-electron chi connectivity index (χ2n) is 6.72. The molecule has 1 amide bonds. The van der Waals surface area contributed by atoms with E-state index in [2.05, 4.69) is 5.10 Å². The molecule has 132 valence electrons. The number of carbonyl (C=O) groups excluding carboxylic acids is 1. The number of nitrogens with zero attached hydrogens (tertiary/aromatic N) is 3. The van der Waals surface area contributed by atoms with Crippen LogP contribution in [0.4, 0.5) is 4.39 Å². The van der Waals surface area contributed by atoms with E-state index in [1.807, 2.05) is 0 Å². The van der Waals surface area contributed by atoms with Crippen molar-refractivity contribution in [3.05, 3.63) is 47.5 Å². The van der Waals surface area contributed by atoms with Crippen molar-refractivity contribution in [3.8, 4) is 5.69 Å². The summed E-state index contributed by atoms with van der Waals surface area (Å²) in [6, 6.07) is 5.84. The second-order valence-corrected chi connectivity index (χ2v) is 8.98. The molecule has 8 heteroatoms. The van der Waals surface area contributed by atoms with Crippen molar-refractivity contribution in [1.29, 1.82) is 0 Å². The van der Waals surface area contributed by atoms with Gasteiger partial charge in [0, 0.05) is 12.7 Å². The Morgan fingerprint density at radius 2 is 2.04 bits per heavy atom. The summed E-state index contributed by atoms with van der Waals surface area (Å²) in [5.41, 5.74) is 1.12. The van der Waals surface area contributed by atoms with Gasteiger partial charge in [-0.2, -0.15) is 5.10 Å². The fourth-order valence-corrected chi connectivity index (χ4v) is 5.61. The van der Waals surface area contributed by atoms with Crippen LogP contribution in [0.15, 0.2) is 30.5 Å². The number of hydrogen-bond donors (Lipinski definition) is 0. The Morgan fingerprint density at radius 3 is 2.72 bits per heavy atom. The molecule has 1 aliphatic heterocycles. The van der Waals surface area contributed by atoms with Gasteiger partial charge in [-0.3, -0.25) is 4.79 Å². The largest absolute Gasteiger partial charge is 0.270 e. The molecular formula is C17H18FN3O3S. The van der Waals surface area contributed by atoms with Gasteiger partial charge in [0.1, 0.15) is 5.82 Å². The summed E-state index contributed by atoms with van der Waals surface area (Å²) in [5.74, 6) is -0.959. The predicted molar refractivity (Wildman–Crippen MR) is 89.4 cm³/mol. The summed E-state index contributed by atoms with van der Waals surface area (Å²) in [5, 5.41) is 4.25. The minimum Gasteiger partial charge on any atom is -0.268 e. The molecule has 1 aromatic heterocycles. The number of halogens is 1. The van der Waals surface area contributed by atoms with Crippen LogP contribution in [-0.4, -0.2) is 39.7 Å². The van der Waals surface area contributed by atoms with Gasteiger partial charge < -0.3 is 0 Å². The van der Waals surface area contributed by atoms with Crippen LogP contribution in [0.3, 0.4) is 0 Å². The van der Waals surface area contributed by atoms with E-state index in [9.17, 15) is 17.6 Å². The first-order valence-corrected chi connectivity index (χ1v) is 9.67. The van der Waals surface area contributed by atoms with E-state index in [0.29, 0.717) is 37.1 Å². The number of sulfonamides is 1. The number of aryl methyl sites for hydroxylation is 1. The molecule has 25 heavy (non-hydrogen) atoms. The molecule has 1 aliphatic carbocycles. The van der Waals surface area contributed by atoms with Crippen LogP contribution >= 0.6 is 0 Å². The maximum atomic E-state index is 13.4. The molecule has 6 nitrogen and oxygen atoms in total. The van der Waals surface area contributed by atoms with Crippen LogP contribution < -0.4 is 0 Å². The van der Waals surface area contributed by atoms with Gasteiger partial charge in [-0.05, 0) is 50.8 Å². The zero-order chi connectivity index (χ0) is 17.8. The van der Waals surface area contributed by atoms with Crippen molar-refractivity contribution in [2.75, 3.05) is 6.54 Å². The fraction of sp³-hybridized carbons (Fsp3) is 0.412. The first kappa shape index (κ1) is 16.3. The summed E-state index contributed by atoms with van der Waals surface area (Å²) in [7, 11) is -3.63. The van der Waals surface area contributed by atoms with Gasteiger partial charge in [0.05, 0.1) is 21.7 Å². The van der Waals surface area contributed by atoms with Crippen molar-refractivity contribution in [1.82, 2.24) is 14.1 Å². The van der Waals surface area contributed by atoms with Gasteiger partial charge in [-0.15, -0.1) is 0 Å². The highest BCUT2D eigenvalue weighted by Gasteiger charge is 2.59. The smallest absolute Gasteiger partial charge is 0.268 e. The molecule has 2 aromatic rings. The zero-order valence-electron chi connectivity index (χ0n) is 13.8. The van der Waals surface area contributed by atoms with E-state index < -0.39 is 26.5 Å². The van der Waals surface area contributed by atoms with Crippen molar-refractivity contribution in [2.24, 2.45) is 0 Å². The SMILES string of the molecule is Cc1nn(-c2cccc(F)c2)cc1C(=O)N1CCCC2(CC2)S1(=O)=O. The number of amides is 1. The van der Waals surface area contributed by atoms with Gasteiger partial charge in [-0.1, -0.05) is 6.07 Å². The van der Waals surface area contributed by atoms with E-state index in [1.165, 1.54) is 23.0 Å². The molecule has 0 bridgehead atoms. The normalized spacial score (nSPS) is 20.6. The third kappa shape index (κ3) is 2.47.